The largest absolute Gasteiger partial charge is 0.377 e. The number of morpholine rings is 1. The van der Waals surface area contributed by atoms with Crippen molar-refractivity contribution in [2.24, 2.45) is 5.92 Å². The van der Waals surface area contributed by atoms with Crippen LogP contribution in [0.15, 0.2) is 10.6 Å². The van der Waals surface area contributed by atoms with E-state index in [1.807, 2.05) is 4.90 Å². The minimum Gasteiger partial charge on any atom is -0.377 e. The van der Waals surface area contributed by atoms with Crippen molar-refractivity contribution in [1.82, 2.24) is 15.0 Å². The molecule has 1 unspecified atom stereocenters. The Balaban J connectivity index is 1.46. The summed E-state index contributed by atoms with van der Waals surface area (Å²) < 4.78 is 17.0. The van der Waals surface area contributed by atoms with Crippen molar-refractivity contribution in [3.8, 4) is 0 Å². The van der Waals surface area contributed by atoms with Gasteiger partial charge in [-0.05, 0) is 25.7 Å². The second-order valence-electron chi connectivity index (χ2n) is 7.31. The van der Waals surface area contributed by atoms with Crippen molar-refractivity contribution in [2.45, 2.75) is 25.4 Å². The quantitative estimate of drug-likeness (QED) is 0.819. The average Bonchev–Trinajstić information content (AvgIpc) is 3.32. The molecule has 1 atom stereocenters. The van der Waals surface area contributed by atoms with Crippen molar-refractivity contribution in [3.63, 3.8) is 0 Å². The van der Waals surface area contributed by atoms with Crippen LogP contribution < -0.4 is 0 Å². The molecule has 3 heterocycles. The summed E-state index contributed by atoms with van der Waals surface area (Å²) in [6.45, 7) is 7.59. The van der Waals surface area contributed by atoms with E-state index in [4.69, 9.17) is 14.0 Å². The van der Waals surface area contributed by atoms with Crippen molar-refractivity contribution in [2.75, 3.05) is 52.5 Å². The molecule has 1 saturated carbocycles. The van der Waals surface area contributed by atoms with Gasteiger partial charge in [-0.15, -0.1) is 0 Å². The average molecular weight is 335 g/mol. The summed E-state index contributed by atoms with van der Waals surface area (Å²) >= 11 is 0. The van der Waals surface area contributed by atoms with Gasteiger partial charge in [0.15, 0.2) is 5.69 Å². The predicted octanol–water partition coefficient (Wildman–Crippen LogP) is 0.936. The van der Waals surface area contributed by atoms with Crippen LogP contribution in [0.25, 0.3) is 0 Å². The molecule has 3 fully saturated rings. The lowest BCUT2D eigenvalue weighted by Gasteiger charge is -2.43. The highest BCUT2D eigenvalue weighted by Gasteiger charge is 2.42. The Hall–Kier alpha value is -1.44. The van der Waals surface area contributed by atoms with Gasteiger partial charge in [0.05, 0.1) is 26.4 Å². The van der Waals surface area contributed by atoms with Crippen LogP contribution in [-0.4, -0.2) is 79.0 Å². The first kappa shape index (κ1) is 16.1. The monoisotopic (exact) mass is 335 g/mol. The Bertz CT molecular complexity index is 600. The maximum Gasteiger partial charge on any atom is 0.276 e. The second-order valence-corrected chi connectivity index (χ2v) is 7.31. The molecule has 7 nitrogen and oxygen atoms in total. The third kappa shape index (κ3) is 3.48. The van der Waals surface area contributed by atoms with Gasteiger partial charge in [-0.25, -0.2) is 0 Å². The third-order valence-corrected chi connectivity index (χ3v) is 5.02. The molecule has 2 saturated heterocycles. The van der Waals surface area contributed by atoms with E-state index in [1.165, 1.54) is 12.8 Å². The highest BCUT2D eigenvalue weighted by molar-refractivity contribution is 5.92. The molecule has 2 aliphatic heterocycles. The maximum atomic E-state index is 12.7. The summed E-state index contributed by atoms with van der Waals surface area (Å²) in [5.41, 5.74) is -0.0631. The van der Waals surface area contributed by atoms with E-state index in [2.05, 4.69) is 10.1 Å². The molecule has 4 rings (SSSR count). The van der Waals surface area contributed by atoms with Crippen molar-refractivity contribution < 1.29 is 18.8 Å². The van der Waals surface area contributed by atoms with Crippen LogP contribution in [0.3, 0.4) is 0 Å². The van der Waals surface area contributed by atoms with E-state index in [9.17, 15) is 4.79 Å². The summed E-state index contributed by atoms with van der Waals surface area (Å²) in [6, 6.07) is 1.69. The van der Waals surface area contributed by atoms with Crippen molar-refractivity contribution >= 4 is 5.91 Å². The molecular formula is C17H25N3O4. The zero-order valence-corrected chi connectivity index (χ0v) is 14.2. The number of aromatic nitrogens is 1. The first-order chi connectivity index (χ1) is 11.6. The summed E-state index contributed by atoms with van der Waals surface area (Å²) in [7, 11) is 0. The van der Waals surface area contributed by atoms with E-state index in [1.54, 1.807) is 13.0 Å². The molecule has 132 valence electrons. The Morgan fingerprint density at radius 3 is 2.96 bits per heavy atom. The Kier molecular flexibility index (Phi) is 4.32. The fraction of sp³-hybridized carbons (Fsp3) is 0.765. The SMILES string of the molecule is Cc1cc(C(=O)N2CCOC3(COCCN(CC4CC4)C3)C2)no1. The molecule has 3 aliphatic rings. The molecule has 0 N–H and O–H groups in total. The molecule has 0 bridgehead atoms. The first-order valence-corrected chi connectivity index (χ1v) is 8.80. The fourth-order valence-electron chi connectivity index (χ4n) is 3.64. The molecule has 0 aromatic carbocycles. The first-order valence-electron chi connectivity index (χ1n) is 8.80. The van der Waals surface area contributed by atoms with E-state index in [0.717, 1.165) is 32.2 Å². The summed E-state index contributed by atoms with van der Waals surface area (Å²) in [6.07, 6.45) is 2.67. The van der Waals surface area contributed by atoms with Crippen LogP contribution in [0.5, 0.6) is 0 Å². The topological polar surface area (TPSA) is 68.0 Å². The van der Waals surface area contributed by atoms with Gasteiger partial charge in [-0.1, -0.05) is 5.16 Å². The highest BCUT2D eigenvalue weighted by atomic mass is 16.5. The van der Waals surface area contributed by atoms with Gasteiger partial charge in [-0.3, -0.25) is 9.69 Å². The van der Waals surface area contributed by atoms with Crippen LogP contribution >= 0.6 is 0 Å². The highest BCUT2D eigenvalue weighted by Crippen LogP contribution is 2.31. The van der Waals surface area contributed by atoms with Crippen LogP contribution in [0.1, 0.15) is 29.1 Å². The Morgan fingerprint density at radius 2 is 2.21 bits per heavy atom. The van der Waals surface area contributed by atoms with Gasteiger partial charge >= 0.3 is 0 Å². The lowest BCUT2D eigenvalue weighted by atomic mass is 10.0. The fourth-order valence-corrected chi connectivity index (χ4v) is 3.64. The number of rotatable bonds is 3. The minimum absolute atomic E-state index is 0.0903. The molecule has 1 aromatic heterocycles. The van der Waals surface area contributed by atoms with E-state index < -0.39 is 5.60 Å². The Morgan fingerprint density at radius 1 is 1.33 bits per heavy atom. The van der Waals surface area contributed by atoms with E-state index >= 15 is 0 Å². The molecule has 1 spiro atoms. The predicted molar refractivity (Wildman–Crippen MR) is 85.8 cm³/mol. The van der Waals surface area contributed by atoms with Gasteiger partial charge < -0.3 is 18.9 Å². The molecule has 1 amide bonds. The number of ether oxygens (including phenoxy) is 2. The van der Waals surface area contributed by atoms with Gasteiger partial charge in [0, 0.05) is 32.2 Å². The second kappa shape index (κ2) is 6.46. The molecule has 1 aliphatic carbocycles. The lowest BCUT2D eigenvalue weighted by molar-refractivity contribution is -0.133. The number of nitrogens with zero attached hydrogens (tertiary/aromatic N) is 3. The van der Waals surface area contributed by atoms with E-state index in [-0.39, 0.29) is 5.91 Å². The van der Waals surface area contributed by atoms with Crippen LogP contribution in [0.2, 0.25) is 0 Å². The molecule has 24 heavy (non-hydrogen) atoms. The summed E-state index contributed by atoms with van der Waals surface area (Å²) in [4.78, 5) is 17.0. The van der Waals surface area contributed by atoms with Crippen molar-refractivity contribution in [3.05, 3.63) is 17.5 Å². The van der Waals surface area contributed by atoms with Crippen LogP contribution in [0, 0.1) is 12.8 Å². The number of aryl methyl sites for hydroxylation is 1. The zero-order valence-electron chi connectivity index (χ0n) is 14.2. The van der Waals surface area contributed by atoms with Gasteiger partial charge in [0.1, 0.15) is 11.4 Å². The number of carbonyl (C=O) groups is 1. The number of hydrogen-bond acceptors (Lipinski definition) is 6. The smallest absolute Gasteiger partial charge is 0.276 e. The molecule has 7 heteroatoms. The van der Waals surface area contributed by atoms with Crippen LogP contribution in [0.4, 0.5) is 0 Å². The van der Waals surface area contributed by atoms with Gasteiger partial charge in [0.25, 0.3) is 5.91 Å². The summed E-state index contributed by atoms with van der Waals surface area (Å²) in [5, 5.41) is 3.86. The number of amides is 1. The van der Waals surface area contributed by atoms with Gasteiger partial charge in [-0.2, -0.15) is 0 Å². The normalized spacial score (nSPS) is 29.0. The molecule has 0 radical (unpaired) electrons. The summed E-state index contributed by atoms with van der Waals surface area (Å²) in [5.74, 6) is 1.39. The third-order valence-electron chi connectivity index (χ3n) is 5.02. The lowest BCUT2D eigenvalue weighted by Crippen LogP contribution is -2.60. The number of carbonyl (C=O) groups excluding carboxylic acids is 1. The molecular weight excluding hydrogens is 310 g/mol. The Labute approximate surface area is 141 Å². The number of hydrogen-bond donors (Lipinski definition) is 0. The molecule has 1 aromatic rings. The standard InChI is InChI=1S/C17H25N3O4/c1-13-8-15(18-24-13)16(21)20-5-7-23-17(11-20)10-19(4-6-22-12-17)9-14-2-3-14/h8,14H,2-7,9-12H2,1H3. The van der Waals surface area contributed by atoms with E-state index in [0.29, 0.717) is 37.8 Å². The van der Waals surface area contributed by atoms with Crippen LogP contribution in [-0.2, 0) is 9.47 Å². The van der Waals surface area contributed by atoms with Crippen molar-refractivity contribution in [1.29, 1.82) is 0 Å². The minimum atomic E-state index is -0.432. The zero-order chi connectivity index (χ0) is 16.6. The van der Waals surface area contributed by atoms with Gasteiger partial charge in [0.2, 0.25) is 0 Å². The maximum absolute atomic E-state index is 12.7.